The Morgan fingerprint density at radius 1 is 1.55 bits per heavy atom. The maximum absolute atomic E-state index is 11.5. The largest absolute Gasteiger partial charge is 0.311 e. The minimum atomic E-state index is -2.26. The molecule has 0 aliphatic heterocycles. The maximum Gasteiger partial charge on any atom is 0.250 e. The predicted molar refractivity (Wildman–Crippen MR) is 45.0 cm³/mol. The van der Waals surface area contributed by atoms with Crippen molar-refractivity contribution in [3.8, 4) is 12.3 Å². The Bertz CT molecular complexity index is 122. The average molecular weight is 179 g/mol. The molecule has 0 spiro atoms. The van der Waals surface area contributed by atoms with E-state index < -0.39 is 6.43 Å². The summed E-state index contributed by atoms with van der Waals surface area (Å²) in [6, 6.07) is 0. The van der Waals surface area contributed by atoms with Crippen LogP contribution in [-0.2, 0) is 0 Å². The molecule has 0 radical (unpaired) electrons. The van der Waals surface area contributed by atoms with Crippen molar-refractivity contribution >= 4 is 11.8 Å². The molecule has 64 valence electrons. The lowest BCUT2D eigenvalue weighted by Crippen LogP contribution is -2.23. The summed E-state index contributed by atoms with van der Waals surface area (Å²) in [6.07, 6.45) is 2.72. The van der Waals surface area contributed by atoms with Crippen molar-refractivity contribution in [3.63, 3.8) is 0 Å². The van der Waals surface area contributed by atoms with Crippen LogP contribution in [0.4, 0.5) is 8.78 Å². The summed E-state index contributed by atoms with van der Waals surface area (Å²) in [7, 11) is 0. The molecule has 0 saturated heterocycles. The molecule has 11 heavy (non-hydrogen) atoms. The van der Waals surface area contributed by atoms with Gasteiger partial charge in [0.2, 0.25) is 0 Å². The molecule has 0 amide bonds. The number of rotatable bonds is 6. The van der Waals surface area contributed by atoms with Crippen LogP contribution in [0, 0.1) is 12.3 Å². The van der Waals surface area contributed by atoms with Crippen LogP contribution in [0.15, 0.2) is 0 Å². The Labute approximate surface area is 69.9 Å². The molecule has 0 atom stereocenters. The number of terminal acetylenes is 1. The lowest BCUT2D eigenvalue weighted by Gasteiger charge is -2.01. The molecule has 0 rings (SSSR count). The van der Waals surface area contributed by atoms with Gasteiger partial charge in [-0.3, -0.25) is 0 Å². The third-order valence-corrected chi connectivity index (χ3v) is 1.77. The summed E-state index contributed by atoms with van der Waals surface area (Å²) < 4.78 is 23.0. The Balaban J connectivity index is 2.86. The van der Waals surface area contributed by atoms with Crippen LogP contribution >= 0.6 is 11.8 Å². The highest BCUT2D eigenvalue weighted by Crippen LogP contribution is 1.95. The smallest absolute Gasteiger partial charge is 0.250 e. The average Bonchev–Trinajstić information content (AvgIpc) is 1.96. The molecule has 1 nitrogen and oxygen atoms in total. The molecule has 0 aromatic rings. The second-order valence-electron chi connectivity index (χ2n) is 1.85. The maximum atomic E-state index is 11.5. The highest BCUT2D eigenvalue weighted by atomic mass is 32.2. The van der Waals surface area contributed by atoms with Gasteiger partial charge in [0.25, 0.3) is 6.43 Å². The second kappa shape index (κ2) is 7.83. The fraction of sp³-hybridized carbons (Fsp3) is 0.714. The van der Waals surface area contributed by atoms with Gasteiger partial charge in [-0.25, -0.2) is 8.78 Å². The van der Waals surface area contributed by atoms with E-state index in [0.717, 1.165) is 5.75 Å². The zero-order chi connectivity index (χ0) is 8.53. The fourth-order valence-corrected chi connectivity index (χ4v) is 1.04. The third kappa shape index (κ3) is 9.73. The number of alkyl halides is 2. The number of halogens is 2. The van der Waals surface area contributed by atoms with E-state index in [1.165, 1.54) is 0 Å². The molecule has 0 aromatic heterocycles. The molecule has 4 heteroatoms. The van der Waals surface area contributed by atoms with Crippen LogP contribution in [0.25, 0.3) is 0 Å². The number of hydrogen-bond acceptors (Lipinski definition) is 2. The van der Waals surface area contributed by atoms with Crippen molar-refractivity contribution in [3.05, 3.63) is 0 Å². The van der Waals surface area contributed by atoms with E-state index in [1.54, 1.807) is 11.8 Å². The number of thioether (sulfide) groups is 1. The minimum absolute atomic E-state index is 0.226. The molecule has 0 saturated carbocycles. The molecule has 0 aliphatic rings. The van der Waals surface area contributed by atoms with Gasteiger partial charge in [-0.05, 0) is 0 Å². The highest BCUT2D eigenvalue weighted by molar-refractivity contribution is 7.99. The van der Waals surface area contributed by atoms with Crippen LogP contribution < -0.4 is 5.32 Å². The lowest BCUT2D eigenvalue weighted by atomic mass is 10.6. The van der Waals surface area contributed by atoms with Crippen LogP contribution in [0.2, 0.25) is 0 Å². The predicted octanol–water partition coefficient (Wildman–Crippen LogP) is 1.21. The monoisotopic (exact) mass is 179 g/mol. The minimum Gasteiger partial charge on any atom is -0.311 e. The zero-order valence-electron chi connectivity index (χ0n) is 6.15. The molecular formula is C7H11F2NS. The Kier molecular flexibility index (Phi) is 7.64. The summed E-state index contributed by atoms with van der Waals surface area (Å²) in [5.41, 5.74) is 0. The SMILES string of the molecule is C#CCSCCNCC(F)F. The van der Waals surface area contributed by atoms with Gasteiger partial charge in [-0.15, -0.1) is 18.2 Å². The first-order chi connectivity index (χ1) is 5.27. The second-order valence-corrected chi connectivity index (χ2v) is 2.96. The van der Waals surface area contributed by atoms with Crippen LogP contribution in [-0.4, -0.2) is 31.0 Å². The van der Waals surface area contributed by atoms with Crippen LogP contribution in [0.3, 0.4) is 0 Å². The van der Waals surface area contributed by atoms with Crippen molar-refractivity contribution in [2.24, 2.45) is 0 Å². The molecule has 1 N–H and O–H groups in total. The van der Waals surface area contributed by atoms with Gasteiger partial charge in [0.15, 0.2) is 0 Å². The van der Waals surface area contributed by atoms with Gasteiger partial charge in [-0.2, -0.15) is 0 Å². The van der Waals surface area contributed by atoms with Gasteiger partial charge >= 0.3 is 0 Å². The fourth-order valence-electron chi connectivity index (χ4n) is 0.487. The van der Waals surface area contributed by atoms with Gasteiger partial charge in [0, 0.05) is 12.3 Å². The van der Waals surface area contributed by atoms with Crippen molar-refractivity contribution in [1.29, 1.82) is 0 Å². The molecule has 0 heterocycles. The van der Waals surface area contributed by atoms with E-state index in [2.05, 4.69) is 11.2 Å². The van der Waals surface area contributed by atoms with Gasteiger partial charge in [0.1, 0.15) is 0 Å². The van der Waals surface area contributed by atoms with E-state index in [9.17, 15) is 8.78 Å². The van der Waals surface area contributed by atoms with Crippen LogP contribution in [0.1, 0.15) is 0 Å². The first-order valence-corrected chi connectivity index (χ1v) is 4.43. The first kappa shape index (κ1) is 10.7. The Morgan fingerprint density at radius 3 is 2.82 bits per heavy atom. The third-order valence-electron chi connectivity index (χ3n) is 0.907. The van der Waals surface area contributed by atoms with E-state index in [4.69, 9.17) is 6.42 Å². The Morgan fingerprint density at radius 2 is 2.27 bits per heavy atom. The topological polar surface area (TPSA) is 12.0 Å². The van der Waals surface area contributed by atoms with Crippen molar-refractivity contribution in [1.82, 2.24) is 5.32 Å². The molecule has 0 unspecified atom stereocenters. The summed E-state index contributed by atoms with van der Waals surface area (Å²) in [5, 5.41) is 2.60. The van der Waals surface area contributed by atoms with E-state index in [-0.39, 0.29) is 6.54 Å². The van der Waals surface area contributed by atoms with Crippen molar-refractivity contribution in [2.75, 3.05) is 24.6 Å². The van der Waals surface area contributed by atoms with E-state index in [1.807, 2.05) is 0 Å². The van der Waals surface area contributed by atoms with Gasteiger partial charge in [-0.1, -0.05) is 5.92 Å². The highest BCUT2D eigenvalue weighted by Gasteiger charge is 1.98. The standard InChI is InChI=1S/C7H11F2NS/c1-2-4-11-5-3-10-6-7(8)9/h1,7,10H,3-6H2. The Hall–Kier alpha value is -0.270. The molecular weight excluding hydrogens is 168 g/mol. The normalized spacial score (nSPS) is 10.0. The first-order valence-electron chi connectivity index (χ1n) is 3.27. The van der Waals surface area contributed by atoms with Gasteiger partial charge < -0.3 is 5.32 Å². The quantitative estimate of drug-likeness (QED) is 0.486. The summed E-state index contributed by atoms with van der Waals surface area (Å²) in [5.74, 6) is 3.89. The molecule has 0 fully saturated rings. The molecule has 0 bridgehead atoms. The summed E-state index contributed by atoms with van der Waals surface area (Å²) in [4.78, 5) is 0. The lowest BCUT2D eigenvalue weighted by molar-refractivity contribution is 0.147. The van der Waals surface area contributed by atoms with Gasteiger partial charge in [0.05, 0.1) is 12.3 Å². The molecule has 0 aliphatic carbocycles. The van der Waals surface area contributed by atoms with Crippen LogP contribution in [0.5, 0.6) is 0 Å². The zero-order valence-corrected chi connectivity index (χ0v) is 6.96. The van der Waals surface area contributed by atoms with E-state index in [0.29, 0.717) is 12.3 Å². The summed E-state index contributed by atoms with van der Waals surface area (Å²) in [6.45, 7) is 0.368. The number of hydrogen-bond donors (Lipinski definition) is 1. The van der Waals surface area contributed by atoms with E-state index >= 15 is 0 Å². The van der Waals surface area contributed by atoms with Crippen molar-refractivity contribution in [2.45, 2.75) is 6.43 Å². The van der Waals surface area contributed by atoms with Crippen molar-refractivity contribution < 1.29 is 8.78 Å². The summed E-state index contributed by atoms with van der Waals surface area (Å²) >= 11 is 1.56. The molecule has 0 aromatic carbocycles. The number of nitrogens with one attached hydrogen (secondary N) is 1.